The van der Waals surface area contributed by atoms with E-state index >= 15 is 0 Å². The topological polar surface area (TPSA) is 101 Å². The van der Waals surface area contributed by atoms with Gasteiger partial charge in [0.2, 0.25) is 0 Å². The zero-order chi connectivity index (χ0) is 12.4. The molecule has 2 N–H and O–H groups in total. The van der Waals surface area contributed by atoms with Crippen molar-refractivity contribution >= 4 is 17.5 Å². The van der Waals surface area contributed by atoms with Crippen LogP contribution in [0.2, 0.25) is 0 Å². The first-order valence-corrected chi connectivity index (χ1v) is 4.75. The van der Waals surface area contributed by atoms with E-state index in [0.717, 1.165) is 0 Å². The van der Waals surface area contributed by atoms with Gasteiger partial charge in [-0.25, -0.2) is 9.78 Å². The van der Waals surface area contributed by atoms with E-state index in [-0.39, 0.29) is 23.4 Å². The Labute approximate surface area is 94.5 Å². The van der Waals surface area contributed by atoms with Crippen molar-refractivity contribution in [3.05, 3.63) is 26.7 Å². The minimum absolute atomic E-state index is 0.0896. The SMILES string of the molecule is Cn1c(=O)[nH]c(=O)c2[nH]c(C#CCC=O)nc21. The number of rotatable bonds is 1. The third kappa shape index (κ3) is 1.88. The summed E-state index contributed by atoms with van der Waals surface area (Å²) in [5, 5.41) is 0. The molecule has 0 amide bonds. The normalized spacial score (nSPS) is 9.94. The molecule has 0 saturated carbocycles. The van der Waals surface area contributed by atoms with Crippen molar-refractivity contribution in [2.45, 2.75) is 6.42 Å². The molecule has 2 aromatic heterocycles. The molecule has 0 aliphatic carbocycles. The van der Waals surface area contributed by atoms with Gasteiger partial charge in [-0.2, -0.15) is 0 Å². The standard InChI is InChI=1S/C10H8N4O3/c1-14-8-7(9(16)13-10(14)17)11-6(12-8)4-2-3-5-15/h5H,3H2,1H3,(H,11,12)(H,13,16,17). The average molecular weight is 232 g/mol. The molecule has 7 heteroatoms. The van der Waals surface area contributed by atoms with Crippen molar-refractivity contribution in [2.75, 3.05) is 0 Å². The van der Waals surface area contributed by atoms with Crippen LogP contribution in [-0.4, -0.2) is 25.8 Å². The molecule has 0 bridgehead atoms. The van der Waals surface area contributed by atoms with Crippen LogP contribution in [0, 0.1) is 11.8 Å². The summed E-state index contributed by atoms with van der Waals surface area (Å²) < 4.78 is 1.21. The molecule has 86 valence electrons. The van der Waals surface area contributed by atoms with Crippen LogP contribution >= 0.6 is 0 Å². The van der Waals surface area contributed by atoms with Gasteiger partial charge in [0.05, 0.1) is 6.42 Å². The van der Waals surface area contributed by atoms with Gasteiger partial charge in [0.1, 0.15) is 6.29 Å². The molecular weight excluding hydrogens is 224 g/mol. The molecule has 0 aliphatic heterocycles. The number of aromatic amines is 2. The zero-order valence-electron chi connectivity index (χ0n) is 8.90. The number of nitrogens with zero attached hydrogens (tertiary/aromatic N) is 2. The fourth-order valence-corrected chi connectivity index (χ4v) is 1.34. The lowest BCUT2D eigenvalue weighted by atomic mass is 10.4. The van der Waals surface area contributed by atoms with E-state index in [1.54, 1.807) is 0 Å². The summed E-state index contributed by atoms with van der Waals surface area (Å²) in [7, 11) is 1.49. The molecule has 7 nitrogen and oxygen atoms in total. The van der Waals surface area contributed by atoms with Crippen LogP contribution in [0.4, 0.5) is 0 Å². The van der Waals surface area contributed by atoms with Crippen molar-refractivity contribution in [3.8, 4) is 11.8 Å². The van der Waals surface area contributed by atoms with E-state index in [4.69, 9.17) is 0 Å². The second kappa shape index (κ2) is 4.09. The van der Waals surface area contributed by atoms with Gasteiger partial charge in [-0.05, 0) is 5.92 Å². The Kier molecular flexibility index (Phi) is 2.62. The molecule has 0 radical (unpaired) electrons. The minimum atomic E-state index is -0.543. The molecule has 0 atom stereocenters. The molecule has 0 aromatic carbocycles. The van der Waals surface area contributed by atoms with Crippen molar-refractivity contribution < 1.29 is 4.79 Å². The van der Waals surface area contributed by atoms with Crippen LogP contribution in [0.5, 0.6) is 0 Å². The van der Waals surface area contributed by atoms with Gasteiger partial charge in [0.15, 0.2) is 17.0 Å². The number of hydrogen-bond acceptors (Lipinski definition) is 4. The summed E-state index contributed by atoms with van der Waals surface area (Å²) >= 11 is 0. The van der Waals surface area contributed by atoms with E-state index in [0.29, 0.717) is 6.29 Å². The Hall–Kier alpha value is -2.62. The van der Waals surface area contributed by atoms with Crippen molar-refractivity contribution in [1.82, 2.24) is 19.5 Å². The molecule has 17 heavy (non-hydrogen) atoms. The first-order chi connectivity index (χ1) is 8.13. The number of carbonyl (C=O) groups is 1. The molecule has 2 rings (SSSR count). The summed E-state index contributed by atoms with van der Waals surface area (Å²) in [6, 6.07) is 0. The maximum absolute atomic E-state index is 11.5. The lowest BCUT2D eigenvalue weighted by molar-refractivity contribution is -0.107. The molecule has 0 aliphatic rings. The van der Waals surface area contributed by atoms with E-state index in [1.807, 2.05) is 0 Å². The number of aromatic nitrogens is 4. The monoisotopic (exact) mass is 232 g/mol. The highest BCUT2D eigenvalue weighted by Crippen LogP contribution is 2.01. The van der Waals surface area contributed by atoms with E-state index in [1.165, 1.54) is 11.6 Å². The molecule has 2 aromatic rings. The quantitative estimate of drug-likeness (QED) is 0.481. The number of imidazole rings is 1. The Morgan fingerprint density at radius 1 is 1.41 bits per heavy atom. The Bertz CT molecular complexity index is 754. The number of hydrogen-bond donors (Lipinski definition) is 2. The molecule has 0 fully saturated rings. The number of carbonyl (C=O) groups excluding carboxylic acids is 1. The predicted molar refractivity (Wildman–Crippen MR) is 59.5 cm³/mol. The van der Waals surface area contributed by atoms with Crippen LogP contribution < -0.4 is 11.2 Å². The molecular formula is C10H8N4O3. The maximum Gasteiger partial charge on any atom is 0.329 e. The Morgan fingerprint density at radius 3 is 2.88 bits per heavy atom. The average Bonchev–Trinajstić information content (AvgIpc) is 2.71. The summed E-state index contributed by atoms with van der Waals surface area (Å²) in [6.45, 7) is 0. The van der Waals surface area contributed by atoms with E-state index in [9.17, 15) is 14.4 Å². The number of aryl methyl sites for hydroxylation is 1. The van der Waals surface area contributed by atoms with Crippen LogP contribution in [0.15, 0.2) is 9.59 Å². The summed E-state index contributed by atoms with van der Waals surface area (Å²) in [5.41, 5.74) is -0.669. The first-order valence-electron chi connectivity index (χ1n) is 4.75. The van der Waals surface area contributed by atoms with Gasteiger partial charge in [-0.15, -0.1) is 0 Å². The highest BCUT2D eigenvalue weighted by atomic mass is 16.2. The van der Waals surface area contributed by atoms with Gasteiger partial charge in [0, 0.05) is 7.05 Å². The summed E-state index contributed by atoms with van der Waals surface area (Å²) in [6.07, 6.45) is 0.755. The van der Waals surface area contributed by atoms with Gasteiger partial charge in [0.25, 0.3) is 5.56 Å². The lowest BCUT2D eigenvalue weighted by Gasteiger charge is -1.94. The van der Waals surface area contributed by atoms with Gasteiger partial charge >= 0.3 is 5.69 Å². The fraction of sp³-hybridized carbons (Fsp3) is 0.200. The number of fused-ring (bicyclic) bond motifs is 1. The van der Waals surface area contributed by atoms with Crippen LogP contribution in [-0.2, 0) is 11.8 Å². The van der Waals surface area contributed by atoms with Gasteiger partial charge < -0.3 is 9.78 Å². The maximum atomic E-state index is 11.5. The van der Waals surface area contributed by atoms with E-state index < -0.39 is 11.2 Å². The van der Waals surface area contributed by atoms with Gasteiger partial charge in [-0.3, -0.25) is 14.3 Å². The predicted octanol–water partition coefficient (Wildman–Crippen LogP) is -1.11. The number of aldehydes is 1. The van der Waals surface area contributed by atoms with Crippen LogP contribution in [0.25, 0.3) is 11.2 Å². The number of H-pyrrole nitrogens is 2. The molecule has 0 spiro atoms. The zero-order valence-corrected chi connectivity index (χ0v) is 8.90. The summed E-state index contributed by atoms with van der Waals surface area (Å²) in [4.78, 5) is 41.7. The fourth-order valence-electron chi connectivity index (χ4n) is 1.34. The Balaban J connectivity index is 2.67. The highest BCUT2D eigenvalue weighted by molar-refractivity contribution is 5.70. The third-order valence-electron chi connectivity index (χ3n) is 2.15. The molecule has 2 heterocycles. The molecule has 0 unspecified atom stereocenters. The summed E-state index contributed by atoms with van der Waals surface area (Å²) in [5.74, 6) is 5.39. The largest absolute Gasteiger partial charge is 0.329 e. The second-order valence-electron chi connectivity index (χ2n) is 3.27. The lowest BCUT2D eigenvalue weighted by Crippen LogP contribution is -2.28. The van der Waals surface area contributed by atoms with Crippen LogP contribution in [0.1, 0.15) is 12.2 Å². The Morgan fingerprint density at radius 2 is 2.18 bits per heavy atom. The minimum Gasteiger partial charge on any atom is -0.325 e. The second-order valence-corrected chi connectivity index (χ2v) is 3.27. The third-order valence-corrected chi connectivity index (χ3v) is 2.15. The smallest absolute Gasteiger partial charge is 0.325 e. The molecule has 0 saturated heterocycles. The van der Waals surface area contributed by atoms with Gasteiger partial charge in [-0.1, -0.05) is 5.92 Å². The van der Waals surface area contributed by atoms with Crippen molar-refractivity contribution in [3.63, 3.8) is 0 Å². The van der Waals surface area contributed by atoms with Crippen molar-refractivity contribution in [2.24, 2.45) is 7.05 Å². The highest BCUT2D eigenvalue weighted by Gasteiger charge is 2.08. The van der Waals surface area contributed by atoms with E-state index in [2.05, 4.69) is 26.8 Å². The van der Waals surface area contributed by atoms with Crippen molar-refractivity contribution in [1.29, 1.82) is 0 Å². The number of nitrogens with one attached hydrogen (secondary N) is 2. The first kappa shape index (κ1) is 10.9. The van der Waals surface area contributed by atoms with Crippen LogP contribution in [0.3, 0.4) is 0 Å².